The third-order valence-corrected chi connectivity index (χ3v) is 4.12. The van der Waals surface area contributed by atoms with E-state index in [0.29, 0.717) is 44.8 Å². The molecule has 7 nitrogen and oxygen atoms in total. The summed E-state index contributed by atoms with van der Waals surface area (Å²) in [4.78, 5) is 25.7. The molecule has 7 heteroatoms. The van der Waals surface area contributed by atoms with E-state index in [4.69, 9.17) is 9.47 Å². The first-order valence-corrected chi connectivity index (χ1v) is 7.82. The van der Waals surface area contributed by atoms with E-state index in [0.717, 1.165) is 0 Å². The van der Waals surface area contributed by atoms with E-state index in [1.165, 1.54) is 0 Å². The van der Waals surface area contributed by atoms with E-state index < -0.39 is 5.79 Å². The molecule has 0 aromatic heterocycles. The third-order valence-electron chi connectivity index (χ3n) is 4.12. The van der Waals surface area contributed by atoms with E-state index in [2.05, 4.69) is 10.6 Å². The molecule has 1 aromatic rings. The normalized spacial score (nSPS) is 19.6. The molecule has 2 heterocycles. The zero-order valence-corrected chi connectivity index (χ0v) is 12.9. The quantitative estimate of drug-likeness (QED) is 0.876. The van der Waals surface area contributed by atoms with Crippen molar-refractivity contribution in [2.24, 2.45) is 0 Å². The van der Waals surface area contributed by atoms with Crippen LogP contribution in [0.3, 0.4) is 0 Å². The van der Waals surface area contributed by atoms with E-state index >= 15 is 0 Å². The molecule has 2 fully saturated rings. The highest BCUT2D eigenvalue weighted by molar-refractivity contribution is 5.92. The van der Waals surface area contributed by atoms with Crippen LogP contribution in [0.25, 0.3) is 0 Å². The van der Waals surface area contributed by atoms with Gasteiger partial charge in [-0.25, -0.2) is 4.79 Å². The summed E-state index contributed by atoms with van der Waals surface area (Å²) in [6, 6.07) is 8.71. The standard InChI is InChI=1S/C16H21N3O4/c20-14(12-17-15(21)18-13-4-2-1-3-5-13)19-8-6-16(7-9-19)22-10-11-23-16/h1-5H,6-12H2,(H2,17,18,21). The average molecular weight is 319 g/mol. The number of likely N-dealkylation sites (tertiary alicyclic amines) is 1. The summed E-state index contributed by atoms with van der Waals surface area (Å²) in [6.45, 7) is 2.39. The lowest BCUT2D eigenvalue weighted by Crippen LogP contribution is -2.50. The number of hydrogen-bond donors (Lipinski definition) is 2. The minimum absolute atomic E-state index is 0.0205. The third kappa shape index (κ3) is 4.00. The molecule has 0 radical (unpaired) electrons. The number of rotatable bonds is 3. The predicted molar refractivity (Wildman–Crippen MR) is 83.9 cm³/mol. The van der Waals surface area contributed by atoms with Gasteiger partial charge in [-0.3, -0.25) is 4.79 Å². The number of urea groups is 1. The number of amides is 3. The van der Waals surface area contributed by atoms with Crippen LogP contribution < -0.4 is 10.6 Å². The molecule has 0 saturated carbocycles. The van der Waals surface area contributed by atoms with Crippen molar-refractivity contribution in [3.63, 3.8) is 0 Å². The van der Waals surface area contributed by atoms with Crippen LogP contribution in [0.2, 0.25) is 0 Å². The molecule has 0 unspecified atom stereocenters. The van der Waals surface area contributed by atoms with Crippen molar-refractivity contribution < 1.29 is 19.1 Å². The molecule has 124 valence electrons. The van der Waals surface area contributed by atoms with E-state index in [1.807, 2.05) is 18.2 Å². The summed E-state index contributed by atoms with van der Waals surface area (Å²) in [5.41, 5.74) is 0.688. The first-order valence-electron chi connectivity index (χ1n) is 7.82. The molecule has 0 atom stereocenters. The Hall–Kier alpha value is -2.12. The van der Waals surface area contributed by atoms with Gasteiger partial charge in [0.05, 0.1) is 19.8 Å². The van der Waals surface area contributed by atoms with Crippen molar-refractivity contribution in [2.45, 2.75) is 18.6 Å². The number of carbonyl (C=O) groups is 2. The van der Waals surface area contributed by atoms with Gasteiger partial charge in [-0.1, -0.05) is 18.2 Å². The summed E-state index contributed by atoms with van der Waals surface area (Å²) < 4.78 is 11.3. The topological polar surface area (TPSA) is 79.9 Å². The number of benzene rings is 1. The maximum absolute atomic E-state index is 12.2. The number of ether oxygens (including phenoxy) is 2. The molecule has 0 aliphatic carbocycles. The molecule has 23 heavy (non-hydrogen) atoms. The number of hydrogen-bond acceptors (Lipinski definition) is 4. The van der Waals surface area contributed by atoms with Crippen LogP contribution in [0, 0.1) is 0 Å². The van der Waals surface area contributed by atoms with Crippen LogP contribution in [-0.2, 0) is 14.3 Å². The van der Waals surface area contributed by atoms with E-state index in [1.54, 1.807) is 17.0 Å². The fourth-order valence-corrected chi connectivity index (χ4v) is 2.85. The van der Waals surface area contributed by atoms with Crippen molar-refractivity contribution >= 4 is 17.6 Å². The monoisotopic (exact) mass is 319 g/mol. The first-order chi connectivity index (χ1) is 11.2. The molecule has 2 saturated heterocycles. The van der Waals surface area contributed by atoms with Crippen LogP contribution in [-0.4, -0.2) is 55.5 Å². The number of para-hydroxylation sites is 1. The number of carbonyl (C=O) groups excluding carboxylic acids is 2. The van der Waals surface area contributed by atoms with Gasteiger partial charge >= 0.3 is 6.03 Å². The zero-order valence-electron chi connectivity index (χ0n) is 12.9. The number of anilines is 1. The highest BCUT2D eigenvalue weighted by atomic mass is 16.7. The van der Waals surface area contributed by atoms with Gasteiger partial charge in [0, 0.05) is 31.6 Å². The fraction of sp³-hybridized carbons (Fsp3) is 0.500. The first kappa shape index (κ1) is 15.8. The fourth-order valence-electron chi connectivity index (χ4n) is 2.85. The Morgan fingerprint density at radius 1 is 1.09 bits per heavy atom. The Morgan fingerprint density at radius 2 is 1.74 bits per heavy atom. The van der Waals surface area contributed by atoms with E-state index in [9.17, 15) is 9.59 Å². The highest BCUT2D eigenvalue weighted by Gasteiger charge is 2.40. The average Bonchev–Trinajstić information content (AvgIpc) is 3.02. The maximum atomic E-state index is 12.2. The highest BCUT2D eigenvalue weighted by Crippen LogP contribution is 2.31. The summed E-state index contributed by atoms with van der Waals surface area (Å²) in [7, 11) is 0. The summed E-state index contributed by atoms with van der Waals surface area (Å²) in [6.07, 6.45) is 1.35. The van der Waals surface area contributed by atoms with Gasteiger partial charge in [0.25, 0.3) is 0 Å². The summed E-state index contributed by atoms with van der Waals surface area (Å²) in [5.74, 6) is -0.587. The molecule has 3 rings (SSSR count). The maximum Gasteiger partial charge on any atom is 0.319 e. The SMILES string of the molecule is O=C(NCC(=O)N1CCC2(CC1)OCCO2)Nc1ccccc1. The number of nitrogens with zero attached hydrogens (tertiary/aromatic N) is 1. The number of nitrogens with one attached hydrogen (secondary N) is 2. The Balaban J connectivity index is 1.40. The predicted octanol–water partition coefficient (Wildman–Crippen LogP) is 1.17. The second kappa shape index (κ2) is 6.97. The molecule has 2 aliphatic heterocycles. The Bertz CT molecular complexity index is 548. The Labute approximate surface area is 134 Å². The smallest absolute Gasteiger partial charge is 0.319 e. The summed E-state index contributed by atoms with van der Waals surface area (Å²) in [5, 5.41) is 5.26. The van der Waals surface area contributed by atoms with Crippen molar-refractivity contribution in [1.29, 1.82) is 0 Å². The second-order valence-electron chi connectivity index (χ2n) is 5.66. The zero-order chi connectivity index (χ0) is 16.1. The van der Waals surface area contributed by atoms with Gasteiger partial charge in [0.1, 0.15) is 0 Å². The molecule has 1 aromatic carbocycles. The van der Waals surface area contributed by atoms with Crippen molar-refractivity contribution in [1.82, 2.24) is 10.2 Å². The lowest BCUT2D eigenvalue weighted by Gasteiger charge is -2.37. The molecular weight excluding hydrogens is 298 g/mol. The molecule has 2 N–H and O–H groups in total. The molecule has 3 amide bonds. The van der Waals surface area contributed by atoms with E-state index in [-0.39, 0.29) is 18.5 Å². The van der Waals surface area contributed by atoms with Gasteiger partial charge in [0.15, 0.2) is 5.79 Å². The van der Waals surface area contributed by atoms with Crippen LogP contribution in [0.4, 0.5) is 10.5 Å². The molecule has 1 spiro atoms. The Kier molecular flexibility index (Phi) is 4.78. The molecular formula is C16H21N3O4. The van der Waals surface area contributed by atoms with Gasteiger partial charge < -0.3 is 25.0 Å². The second-order valence-corrected chi connectivity index (χ2v) is 5.66. The largest absolute Gasteiger partial charge is 0.347 e. The lowest BCUT2D eigenvalue weighted by atomic mass is 10.0. The summed E-state index contributed by atoms with van der Waals surface area (Å²) >= 11 is 0. The van der Waals surface area contributed by atoms with Crippen LogP contribution >= 0.6 is 0 Å². The van der Waals surface area contributed by atoms with Crippen LogP contribution in [0.1, 0.15) is 12.8 Å². The van der Waals surface area contributed by atoms with Crippen LogP contribution in [0.15, 0.2) is 30.3 Å². The molecule has 0 bridgehead atoms. The van der Waals surface area contributed by atoms with Crippen molar-refractivity contribution in [3.8, 4) is 0 Å². The van der Waals surface area contributed by atoms with Gasteiger partial charge in [-0.15, -0.1) is 0 Å². The van der Waals surface area contributed by atoms with Crippen molar-refractivity contribution in [3.05, 3.63) is 30.3 Å². The van der Waals surface area contributed by atoms with Gasteiger partial charge in [-0.2, -0.15) is 0 Å². The van der Waals surface area contributed by atoms with Crippen molar-refractivity contribution in [2.75, 3.05) is 38.2 Å². The van der Waals surface area contributed by atoms with Gasteiger partial charge in [-0.05, 0) is 12.1 Å². The molecule has 2 aliphatic rings. The van der Waals surface area contributed by atoms with Gasteiger partial charge in [0.2, 0.25) is 5.91 Å². The lowest BCUT2D eigenvalue weighted by molar-refractivity contribution is -0.187. The van der Waals surface area contributed by atoms with Crippen LogP contribution in [0.5, 0.6) is 0 Å². The number of piperidine rings is 1. The Morgan fingerprint density at radius 3 is 2.39 bits per heavy atom. The minimum atomic E-state index is -0.491. The minimum Gasteiger partial charge on any atom is -0.347 e.